The highest BCUT2D eigenvalue weighted by Crippen LogP contribution is 2.54. The molecule has 3 heteroatoms. The average Bonchev–Trinajstić information content (AvgIpc) is 3.16. The first-order chi connectivity index (χ1) is 9.65. The van der Waals surface area contributed by atoms with Gasteiger partial charge in [0.25, 0.3) is 0 Å². The van der Waals surface area contributed by atoms with Crippen LogP contribution in [0.5, 0.6) is 0 Å². The molecule has 1 saturated carbocycles. The van der Waals surface area contributed by atoms with Gasteiger partial charge in [-0.25, -0.2) is 4.98 Å². The zero-order valence-electron chi connectivity index (χ0n) is 12.2. The van der Waals surface area contributed by atoms with Crippen molar-refractivity contribution in [2.75, 3.05) is 0 Å². The molecule has 20 heavy (non-hydrogen) atoms. The van der Waals surface area contributed by atoms with E-state index in [-0.39, 0.29) is 5.41 Å². The molecule has 0 amide bonds. The third-order valence-corrected chi connectivity index (χ3v) is 5.38. The molecule has 1 fully saturated rings. The smallest absolute Gasteiger partial charge is 0.104 e. The lowest BCUT2D eigenvalue weighted by Crippen LogP contribution is -2.08. The third kappa shape index (κ3) is 2.40. The van der Waals surface area contributed by atoms with Gasteiger partial charge < -0.3 is 5.73 Å². The van der Waals surface area contributed by atoms with E-state index in [0.717, 1.165) is 6.42 Å². The molecule has 1 heterocycles. The van der Waals surface area contributed by atoms with Gasteiger partial charge in [0.15, 0.2) is 0 Å². The van der Waals surface area contributed by atoms with Crippen molar-refractivity contribution >= 4 is 11.3 Å². The summed E-state index contributed by atoms with van der Waals surface area (Å²) in [7, 11) is 0. The fourth-order valence-corrected chi connectivity index (χ4v) is 4.04. The molecule has 0 atom stereocenters. The highest BCUT2D eigenvalue weighted by Gasteiger charge is 2.48. The molecule has 106 valence electrons. The van der Waals surface area contributed by atoms with Crippen molar-refractivity contribution < 1.29 is 0 Å². The van der Waals surface area contributed by atoms with E-state index in [9.17, 15) is 0 Å². The second kappa shape index (κ2) is 5.30. The van der Waals surface area contributed by atoms with Gasteiger partial charge in [-0.15, -0.1) is 11.3 Å². The quantitative estimate of drug-likeness (QED) is 0.906. The highest BCUT2D eigenvalue weighted by molar-refractivity contribution is 7.12. The Morgan fingerprint density at radius 1 is 1.25 bits per heavy atom. The summed E-state index contributed by atoms with van der Waals surface area (Å²) in [5, 5.41) is 1.28. The average molecular weight is 286 g/mol. The summed E-state index contributed by atoms with van der Waals surface area (Å²) in [6.07, 6.45) is 3.47. The van der Waals surface area contributed by atoms with Crippen molar-refractivity contribution in [2.45, 2.75) is 45.1 Å². The fraction of sp³-hybridized carbons (Fsp3) is 0.471. The minimum Gasteiger partial charge on any atom is -0.326 e. The lowest BCUT2D eigenvalue weighted by atomic mass is 9.97. The molecule has 2 nitrogen and oxygen atoms in total. The van der Waals surface area contributed by atoms with Crippen LogP contribution in [0, 0.1) is 5.92 Å². The largest absolute Gasteiger partial charge is 0.326 e. The molecule has 0 bridgehead atoms. The van der Waals surface area contributed by atoms with Crippen LogP contribution < -0.4 is 5.73 Å². The predicted octanol–water partition coefficient (Wildman–Crippen LogP) is 3.88. The Hall–Kier alpha value is -1.19. The Balaban J connectivity index is 1.97. The Kier molecular flexibility index (Phi) is 3.65. The maximum Gasteiger partial charge on any atom is 0.104 e. The van der Waals surface area contributed by atoms with Crippen LogP contribution in [0.4, 0.5) is 0 Å². The molecular weight excluding hydrogens is 264 g/mol. The van der Waals surface area contributed by atoms with Crippen LogP contribution in [0.3, 0.4) is 0 Å². The van der Waals surface area contributed by atoms with Crippen LogP contribution in [0.2, 0.25) is 0 Å². The van der Waals surface area contributed by atoms with Crippen molar-refractivity contribution in [1.82, 2.24) is 4.98 Å². The topological polar surface area (TPSA) is 38.9 Å². The summed E-state index contributed by atoms with van der Waals surface area (Å²) in [6.45, 7) is 5.09. The molecule has 3 rings (SSSR count). The molecule has 0 unspecified atom stereocenters. The second-order valence-corrected chi connectivity index (χ2v) is 7.22. The molecule has 1 aliphatic carbocycles. The monoisotopic (exact) mass is 286 g/mol. The van der Waals surface area contributed by atoms with Crippen LogP contribution in [0.25, 0.3) is 0 Å². The summed E-state index contributed by atoms with van der Waals surface area (Å²) in [4.78, 5) is 6.24. The van der Waals surface area contributed by atoms with Gasteiger partial charge in [-0.2, -0.15) is 0 Å². The number of benzene rings is 1. The Morgan fingerprint density at radius 2 is 1.95 bits per heavy atom. The molecule has 0 spiro atoms. The number of nitrogens with zero attached hydrogens (tertiary/aromatic N) is 1. The summed E-state index contributed by atoms with van der Waals surface area (Å²) >= 11 is 1.83. The number of aromatic nitrogens is 1. The van der Waals surface area contributed by atoms with Crippen molar-refractivity contribution in [2.24, 2.45) is 11.7 Å². The summed E-state index contributed by atoms with van der Waals surface area (Å²) in [5.41, 5.74) is 8.74. The van der Waals surface area contributed by atoms with E-state index >= 15 is 0 Å². The standard InChI is InChI=1S/C17H22N2S/c1-12(2)10-14-15(11-18)20-16(19-14)17(8-9-17)13-6-4-3-5-7-13/h3-7,12H,8-11,18H2,1-2H3. The predicted molar refractivity (Wildman–Crippen MR) is 85.0 cm³/mol. The Labute approximate surface area is 125 Å². The van der Waals surface area contributed by atoms with Crippen molar-refractivity contribution in [1.29, 1.82) is 0 Å². The molecule has 2 N–H and O–H groups in total. The summed E-state index contributed by atoms with van der Waals surface area (Å²) < 4.78 is 0. The lowest BCUT2D eigenvalue weighted by Gasteiger charge is -2.12. The van der Waals surface area contributed by atoms with Gasteiger partial charge in [-0.1, -0.05) is 44.2 Å². The zero-order valence-corrected chi connectivity index (χ0v) is 13.0. The van der Waals surface area contributed by atoms with E-state index in [1.54, 1.807) is 0 Å². The van der Waals surface area contributed by atoms with Gasteiger partial charge in [0, 0.05) is 16.8 Å². The fourth-order valence-electron chi connectivity index (χ4n) is 2.80. The zero-order chi connectivity index (χ0) is 14.2. The Bertz CT molecular complexity index is 582. The SMILES string of the molecule is CC(C)Cc1nc(C2(c3ccccc3)CC2)sc1CN. The normalized spacial score (nSPS) is 16.6. The van der Waals surface area contributed by atoms with Gasteiger partial charge in [0.2, 0.25) is 0 Å². The molecule has 1 aromatic carbocycles. The number of nitrogens with two attached hydrogens (primary N) is 1. The van der Waals surface area contributed by atoms with Crippen LogP contribution in [-0.4, -0.2) is 4.98 Å². The van der Waals surface area contributed by atoms with E-state index < -0.39 is 0 Å². The maximum absolute atomic E-state index is 5.91. The molecule has 1 aliphatic rings. The first kappa shape index (κ1) is 13.8. The Morgan fingerprint density at radius 3 is 2.50 bits per heavy atom. The van der Waals surface area contributed by atoms with Gasteiger partial charge >= 0.3 is 0 Å². The second-order valence-electron chi connectivity index (χ2n) is 6.14. The van der Waals surface area contributed by atoms with Crippen LogP contribution in [0.1, 0.15) is 47.8 Å². The van der Waals surface area contributed by atoms with Gasteiger partial charge in [0.05, 0.1) is 5.69 Å². The van der Waals surface area contributed by atoms with Crippen molar-refractivity contribution in [3.63, 3.8) is 0 Å². The molecule has 0 saturated heterocycles. The summed E-state index contributed by atoms with van der Waals surface area (Å²) in [6, 6.07) is 10.8. The molecule has 0 radical (unpaired) electrons. The highest BCUT2D eigenvalue weighted by atomic mass is 32.1. The van der Waals surface area contributed by atoms with E-state index in [2.05, 4.69) is 44.2 Å². The third-order valence-electron chi connectivity index (χ3n) is 4.05. The van der Waals surface area contributed by atoms with Gasteiger partial charge in [-0.05, 0) is 30.7 Å². The minimum atomic E-state index is 0.186. The maximum atomic E-state index is 5.91. The number of rotatable bonds is 5. The van der Waals surface area contributed by atoms with Gasteiger partial charge in [0.1, 0.15) is 5.01 Å². The van der Waals surface area contributed by atoms with Crippen LogP contribution in [0.15, 0.2) is 30.3 Å². The van der Waals surface area contributed by atoms with E-state index in [1.165, 1.54) is 34.0 Å². The lowest BCUT2D eigenvalue weighted by molar-refractivity contribution is 0.630. The van der Waals surface area contributed by atoms with E-state index in [4.69, 9.17) is 10.7 Å². The molecule has 1 aromatic heterocycles. The van der Waals surface area contributed by atoms with E-state index in [1.807, 2.05) is 11.3 Å². The number of hydrogen-bond acceptors (Lipinski definition) is 3. The molecule has 0 aliphatic heterocycles. The number of thiazole rings is 1. The van der Waals surface area contributed by atoms with Crippen molar-refractivity contribution in [3.8, 4) is 0 Å². The molecule has 2 aromatic rings. The first-order valence-electron chi connectivity index (χ1n) is 7.40. The minimum absolute atomic E-state index is 0.186. The van der Waals surface area contributed by atoms with Crippen LogP contribution in [-0.2, 0) is 18.4 Å². The van der Waals surface area contributed by atoms with Gasteiger partial charge in [-0.3, -0.25) is 0 Å². The first-order valence-corrected chi connectivity index (χ1v) is 8.22. The summed E-state index contributed by atoms with van der Waals surface area (Å²) in [5.74, 6) is 0.627. The van der Waals surface area contributed by atoms with Crippen molar-refractivity contribution in [3.05, 3.63) is 51.5 Å². The molecular formula is C17H22N2S. The van der Waals surface area contributed by atoms with E-state index in [0.29, 0.717) is 12.5 Å². The number of hydrogen-bond donors (Lipinski definition) is 1. The van der Waals surface area contributed by atoms with Crippen LogP contribution >= 0.6 is 11.3 Å².